The van der Waals surface area contributed by atoms with E-state index in [-0.39, 0.29) is 0 Å². The van der Waals surface area contributed by atoms with Gasteiger partial charge in [0, 0.05) is 25.3 Å². The van der Waals surface area contributed by atoms with Crippen LogP contribution in [0.2, 0.25) is 0 Å². The summed E-state index contributed by atoms with van der Waals surface area (Å²) in [5.74, 6) is 1.10. The molecule has 0 aliphatic carbocycles. The van der Waals surface area contributed by atoms with Crippen LogP contribution < -0.4 is 5.32 Å². The summed E-state index contributed by atoms with van der Waals surface area (Å²) in [6, 6.07) is 5.72. The Morgan fingerprint density at radius 1 is 1.47 bits per heavy atom. The van der Waals surface area contributed by atoms with E-state index in [1.807, 2.05) is 19.1 Å². The van der Waals surface area contributed by atoms with Gasteiger partial charge in [-0.2, -0.15) is 0 Å². The van der Waals surface area contributed by atoms with E-state index in [1.54, 1.807) is 6.07 Å². The molecule has 1 fully saturated rings. The maximum Gasteiger partial charge on any atom is 0.120 e. The summed E-state index contributed by atoms with van der Waals surface area (Å²) >= 11 is 0. The molecule has 94 valence electrons. The zero-order valence-electron chi connectivity index (χ0n) is 10.4. The number of nitrogens with one attached hydrogen (secondary N) is 1. The van der Waals surface area contributed by atoms with Crippen LogP contribution in [0.5, 0.6) is 5.75 Å². The lowest BCUT2D eigenvalue weighted by atomic mass is 10.1. The number of hydrogen-bond acceptors (Lipinski definition) is 3. The third-order valence-electron chi connectivity index (χ3n) is 3.30. The molecule has 0 spiro atoms. The lowest BCUT2D eigenvalue weighted by Gasteiger charge is -2.10. The van der Waals surface area contributed by atoms with Gasteiger partial charge in [-0.25, -0.2) is 0 Å². The molecule has 0 amide bonds. The van der Waals surface area contributed by atoms with Gasteiger partial charge in [-0.3, -0.25) is 0 Å². The number of hydrogen-bond donors (Lipinski definition) is 2. The molecule has 0 radical (unpaired) electrons. The van der Waals surface area contributed by atoms with Crippen molar-refractivity contribution in [3.63, 3.8) is 0 Å². The summed E-state index contributed by atoms with van der Waals surface area (Å²) in [6.07, 6.45) is 2.35. The molecule has 2 N–H and O–H groups in total. The standard InChI is InChI=1S/C14H21NO2/c1-11-2-3-14(16)13(8-11)9-15-6-4-12-5-7-17-10-12/h2-3,8,12,15-16H,4-7,9-10H2,1H3. The van der Waals surface area contributed by atoms with Gasteiger partial charge in [-0.15, -0.1) is 0 Å². The minimum Gasteiger partial charge on any atom is -0.508 e. The minimum absolute atomic E-state index is 0.382. The largest absolute Gasteiger partial charge is 0.508 e. The van der Waals surface area contributed by atoms with Crippen LogP contribution in [0.4, 0.5) is 0 Å². The van der Waals surface area contributed by atoms with E-state index in [1.165, 1.54) is 12.0 Å². The summed E-state index contributed by atoms with van der Waals surface area (Å²) in [4.78, 5) is 0. The second-order valence-electron chi connectivity index (χ2n) is 4.83. The molecule has 0 saturated carbocycles. The van der Waals surface area contributed by atoms with Crippen molar-refractivity contribution in [3.8, 4) is 5.75 Å². The molecule has 17 heavy (non-hydrogen) atoms. The number of rotatable bonds is 5. The van der Waals surface area contributed by atoms with E-state index < -0.39 is 0 Å². The molecular formula is C14H21NO2. The van der Waals surface area contributed by atoms with Crippen molar-refractivity contribution >= 4 is 0 Å². The normalized spacial score (nSPS) is 19.7. The number of phenols is 1. The van der Waals surface area contributed by atoms with Crippen LogP contribution in [0.3, 0.4) is 0 Å². The lowest BCUT2D eigenvalue weighted by Crippen LogP contribution is -2.18. The lowest BCUT2D eigenvalue weighted by molar-refractivity contribution is 0.184. The summed E-state index contributed by atoms with van der Waals surface area (Å²) in [5.41, 5.74) is 2.16. The molecular weight excluding hydrogens is 214 g/mol. The van der Waals surface area contributed by atoms with Gasteiger partial charge >= 0.3 is 0 Å². The second-order valence-corrected chi connectivity index (χ2v) is 4.83. The Morgan fingerprint density at radius 3 is 3.12 bits per heavy atom. The zero-order chi connectivity index (χ0) is 12.1. The van der Waals surface area contributed by atoms with Gasteiger partial charge < -0.3 is 15.2 Å². The van der Waals surface area contributed by atoms with Crippen molar-refractivity contribution in [2.45, 2.75) is 26.3 Å². The SMILES string of the molecule is Cc1ccc(O)c(CNCCC2CCOC2)c1. The van der Waals surface area contributed by atoms with E-state index in [2.05, 4.69) is 5.32 Å². The number of aromatic hydroxyl groups is 1. The second kappa shape index (κ2) is 6.03. The molecule has 3 heteroatoms. The molecule has 3 nitrogen and oxygen atoms in total. The average Bonchev–Trinajstić information content (AvgIpc) is 2.82. The van der Waals surface area contributed by atoms with Crippen LogP contribution in [0.15, 0.2) is 18.2 Å². The summed E-state index contributed by atoms with van der Waals surface area (Å²) in [5, 5.41) is 13.1. The summed E-state index contributed by atoms with van der Waals surface area (Å²) < 4.78 is 5.34. The monoisotopic (exact) mass is 235 g/mol. The van der Waals surface area contributed by atoms with Crippen molar-refractivity contribution in [3.05, 3.63) is 29.3 Å². The molecule has 1 saturated heterocycles. The molecule has 0 aromatic heterocycles. The van der Waals surface area contributed by atoms with Gasteiger partial charge in [0.25, 0.3) is 0 Å². The number of phenolic OH excluding ortho intramolecular Hbond substituents is 1. The molecule has 1 aliphatic heterocycles. The molecule has 0 bridgehead atoms. The number of benzene rings is 1. The van der Waals surface area contributed by atoms with Crippen molar-refractivity contribution in [2.75, 3.05) is 19.8 Å². The smallest absolute Gasteiger partial charge is 0.120 e. The number of ether oxygens (including phenoxy) is 1. The van der Waals surface area contributed by atoms with Crippen molar-refractivity contribution in [2.24, 2.45) is 5.92 Å². The maximum absolute atomic E-state index is 9.69. The molecule has 1 atom stereocenters. The molecule has 1 aromatic carbocycles. The first kappa shape index (κ1) is 12.4. The first-order chi connectivity index (χ1) is 8.25. The van der Waals surface area contributed by atoms with Gasteiger partial charge in [-0.1, -0.05) is 17.7 Å². The van der Waals surface area contributed by atoms with Crippen molar-refractivity contribution < 1.29 is 9.84 Å². The first-order valence-corrected chi connectivity index (χ1v) is 6.32. The number of aryl methyl sites for hydroxylation is 1. The fraction of sp³-hybridized carbons (Fsp3) is 0.571. The zero-order valence-corrected chi connectivity index (χ0v) is 10.4. The average molecular weight is 235 g/mol. The topological polar surface area (TPSA) is 41.5 Å². The molecule has 1 heterocycles. The van der Waals surface area contributed by atoms with Crippen molar-refractivity contribution in [1.29, 1.82) is 0 Å². The van der Waals surface area contributed by atoms with E-state index in [9.17, 15) is 5.11 Å². The summed E-state index contributed by atoms with van der Waals surface area (Å²) in [6.45, 7) is 5.60. The van der Waals surface area contributed by atoms with Crippen molar-refractivity contribution in [1.82, 2.24) is 5.32 Å². The minimum atomic E-state index is 0.382. The van der Waals surface area contributed by atoms with E-state index in [0.717, 1.165) is 38.3 Å². The van der Waals surface area contributed by atoms with Crippen LogP contribution in [0, 0.1) is 12.8 Å². The van der Waals surface area contributed by atoms with Gasteiger partial charge in [0.1, 0.15) is 5.75 Å². The van der Waals surface area contributed by atoms with Crippen LogP contribution in [-0.2, 0) is 11.3 Å². The molecule has 1 aromatic rings. The van der Waals surface area contributed by atoms with E-state index >= 15 is 0 Å². The predicted octanol–water partition coefficient (Wildman–Crippen LogP) is 2.22. The predicted molar refractivity (Wildman–Crippen MR) is 68.1 cm³/mol. The Kier molecular flexibility index (Phi) is 4.40. The third-order valence-corrected chi connectivity index (χ3v) is 3.30. The highest BCUT2D eigenvalue weighted by molar-refractivity contribution is 5.35. The van der Waals surface area contributed by atoms with Gasteiger partial charge in [-0.05, 0) is 38.3 Å². The highest BCUT2D eigenvalue weighted by Gasteiger charge is 2.14. The van der Waals surface area contributed by atoms with Gasteiger partial charge in [0.05, 0.1) is 0 Å². The molecule has 2 rings (SSSR count). The fourth-order valence-electron chi connectivity index (χ4n) is 2.20. The Balaban J connectivity index is 1.72. The Bertz CT molecular complexity index is 359. The Hall–Kier alpha value is -1.06. The highest BCUT2D eigenvalue weighted by Crippen LogP contribution is 2.18. The van der Waals surface area contributed by atoms with Crippen LogP contribution >= 0.6 is 0 Å². The molecule has 1 unspecified atom stereocenters. The van der Waals surface area contributed by atoms with Crippen LogP contribution in [0.1, 0.15) is 24.0 Å². The quantitative estimate of drug-likeness (QED) is 0.769. The molecule has 1 aliphatic rings. The third kappa shape index (κ3) is 3.72. The highest BCUT2D eigenvalue weighted by atomic mass is 16.5. The van der Waals surface area contributed by atoms with Gasteiger partial charge in [0.2, 0.25) is 0 Å². The van der Waals surface area contributed by atoms with E-state index in [4.69, 9.17) is 4.74 Å². The maximum atomic E-state index is 9.69. The summed E-state index contributed by atoms with van der Waals surface area (Å²) in [7, 11) is 0. The first-order valence-electron chi connectivity index (χ1n) is 6.32. The Labute approximate surface area is 103 Å². The Morgan fingerprint density at radius 2 is 2.35 bits per heavy atom. The fourth-order valence-corrected chi connectivity index (χ4v) is 2.20. The van der Waals surface area contributed by atoms with E-state index in [0.29, 0.717) is 11.7 Å². The van der Waals surface area contributed by atoms with Crippen LogP contribution in [0.25, 0.3) is 0 Å². The van der Waals surface area contributed by atoms with Crippen LogP contribution in [-0.4, -0.2) is 24.9 Å². The van der Waals surface area contributed by atoms with Gasteiger partial charge in [0.15, 0.2) is 0 Å².